The highest BCUT2D eigenvalue weighted by Crippen LogP contribution is 2.23. The Balaban J connectivity index is 1.86. The first kappa shape index (κ1) is 26.7. The minimum atomic E-state index is -1.57. The second kappa shape index (κ2) is 14.6. The fourth-order valence-corrected chi connectivity index (χ4v) is 2.84. The van der Waals surface area contributed by atoms with Crippen LogP contribution in [0.4, 0.5) is 0 Å². The standard InChI is InChI=1S/C23H29N3O8/c1-24-22(29)20(23(30)26-31)25-21(28)18-4-2-16(3-5-18)17-6-8-19(9-7-17)34-15-14-33-13-12-32-11-10-27/h2-9,20,27,31H,10-15H2,1H3,(H,24,29)(H,25,28)(H,26,30). The minimum Gasteiger partial charge on any atom is -0.491 e. The second-order valence-electron chi connectivity index (χ2n) is 6.90. The smallest absolute Gasteiger partial charge is 0.275 e. The van der Waals surface area contributed by atoms with Crippen molar-refractivity contribution in [3.8, 4) is 16.9 Å². The van der Waals surface area contributed by atoms with Crippen LogP contribution in [0.1, 0.15) is 10.4 Å². The van der Waals surface area contributed by atoms with Crippen molar-refractivity contribution in [1.29, 1.82) is 0 Å². The van der Waals surface area contributed by atoms with Crippen LogP contribution in [0, 0.1) is 0 Å². The Morgan fingerprint density at radius 2 is 1.38 bits per heavy atom. The highest BCUT2D eigenvalue weighted by atomic mass is 16.5. The molecule has 0 aliphatic rings. The van der Waals surface area contributed by atoms with Gasteiger partial charge in [0.15, 0.2) is 6.04 Å². The van der Waals surface area contributed by atoms with Gasteiger partial charge in [0, 0.05) is 12.6 Å². The van der Waals surface area contributed by atoms with E-state index in [-0.39, 0.29) is 12.2 Å². The molecule has 0 aromatic heterocycles. The van der Waals surface area contributed by atoms with E-state index in [1.54, 1.807) is 24.3 Å². The first-order valence-electron chi connectivity index (χ1n) is 10.6. The number of aliphatic hydroxyl groups excluding tert-OH is 1. The Hall–Kier alpha value is -3.51. The number of nitrogens with one attached hydrogen (secondary N) is 3. The number of benzene rings is 2. The van der Waals surface area contributed by atoms with Crippen LogP contribution in [0.15, 0.2) is 48.5 Å². The zero-order valence-corrected chi connectivity index (χ0v) is 18.8. The Morgan fingerprint density at radius 1 is 0.824 bits per heavy atom. The van der Waals surface area contributed by atoms with E-state index in [0.717, 1.165) is 11.1 Å². The number of ether oxygens (including phenoxy) is 3. The lowest BCUT2D eigenvalue weighted by Crippen LogP contribution is -2.54. The highest BCUT2D eigenvalue weighted by Gasteiger charge is 2.27. The molecule has 0 radical (unpaired) electrons. The quantitative estimate of drug-likeness (QED) is 0.112. The number of aliphatic hydroxyl groups is 1. The predicted molar refractivity (Wildman–Crippen MR) is 121 cm³/mol. The first-order valence-corrected chi connectivity index (χ1v) is 10.6. The maximum atomic E-state index is 12.4. The molecule has 11 nitrogen and oxygen atoms in total. The third-order valence-electron chi connectivity index (χ3n) is 4.60. The number of hydroxylamine groups is 1. The van der Waals surface area contributed by atoms with Gasteiger partial charge < -0.3 is 30.0 Å². The average molecular weight is 475 g/mol. The van der Waals surface area contributed by atoms with Gasteiger partial charge in [-0.25, -0.2) is 5.48 Å². The number of carbonyl (C=O) groups excluding carboxylic acids is 3. The van der Waals surface area contributed by atoms with Crippen molar-refractivity contribution in [3.63, 3.8) is 0 Å². The lowest BCUT2D eigenvalue weighted by atomic mass is 10.0. The molecule has 11 heteroatoms. The molecule has 2 aromatic carbocycles. The molecule has 0 fully saturated rings. The summed E-state index contributed by atoms with van der Waals surface area (Å²) >= 11 is 0. The summed E-state index contributed by atoms with van der Waals surface area (Å²) in [5, 5.41) is 21.9. The molecule has 2 rings (SSSR count). The number of amides is 3. The predicted octanol–water partition coefficient (Wildman–Crippen LogP) is 0.108. The third kappa shape index (κ3) is 8.45. The molecule has 2 aromatic rings. The van der Waals surface area contributed by atoms with E-state index in [1.165, 1.54) is 12.5 Å². The summed E-state index contributed by atoms with van der Waals surface area (Å²) < 4.78 is 16.1. The van der Waals surface area contributed by atoms with Crippen molar-refractivity contribution in [1.82, 2.24) is 16.1 Å². The Labute approximate surface area is 197 Å². The van der Waals surface area contributed by atoms with E-state index in [4.69, 9.17) is 24.5 Å². The van der Waals surface area contributed by atoms with Gasteiger partial charge in [-0.2, -0.15) is 0 Å². The van der Waals surface area contributed by atoms with Crippen molar-refractivity contribution >= 4 is 17.7 Å². The van der Waals surface area contributed by atoms with Gasteiger partial charge in [0.05, 0.1) is 33.0 Å². The number of hydrogen-bond donors (Lipinski definition) is 5. The molecule has 34 heavy (non-hydrogen) atoms. The van der Waals surface area contributed by atoms with Crippen LogP contribution in [0.3, 0.4) is 0 Å². The van der Waals surface area contributed by atoms with Crippen molar-refractivity contribution in [2.75, 3.05) is 46.7 Å². The van der Waals surface area contributed by atoms with Crippen LogP contribution in [-0.4, -0.2) is 80.8 Å². The largest absolute Gasteiger partial charge is 0.491 e. The molecule has 5 N–H and O–H groups in total. The fourth-order valence-electron chi connectivity index (χ4n) is 2.84. The van der Waals surface area contributed by atoms with E-state index in [0.29, 0.717) is 38.8 Å². The Bertz CT molecular complexity index is 903. The van der Waals surface area contributed by atoms with Gasteiger partial charge in [-0.1, -0.05) is 24.3 Å². The zero-order valence-electron chi connectivity index (χ0n) is 18.8. The first-order chi connectivity index (χ1) is 16.5. The Kier molecular flexibility index (Phi) is 11.5. The normalized spacial score (nSPS) is 11.4. The summed E-state index contributed by atoms with van der Waals surface area (Å²) in [5.41, 5.74) is 3.35. The number of rotatable bonds is 14. The van der Waals surface area contributed by atoms with Crippen molar-refractivity contribution in [2.24, 2.45) is 0 Å². The van der Waals surface area contributed by atoms with Crippen LogP contribution < -0.4 is 20.9 Å². The topological polar surface area (TPSA) is 155 Å². The van der Waals surface area contributed by atoms with Crippen LogP contribution in [-0.2, 0) is 19.1 Å². The molecule has 0 bridgehead atoms. The summed E-state index contributed by atoms with van der Waals surface area (Å²) in [5.74, 6) is -1.78. The summed E-state index contributed by atoms with van der Waals surface area (Å²) in [6.45, 7) is 1.93. The van der Waals surface area contributed by atoms with Gasteiger partial charge >= 0.3 is 0 Å². The molecule has 184 valence electrons. The van der Waals surface area contributed by atoms with Gasteiger partial charge in [-0.3, -0.25) is 19.6 Å². The van der Waals surface area contributed by atoms with Crippen molar-refractivity contribution < 1.29 is 38.9 Å². The molecule has 0 aliphatic heterocycles. The number of carbonyl (C=O) groups is 3. The zero-order chi connectivity index (χ0) is 24.8. The van der Waals surface area contributed by atoms with E-state index in [2.05, 4.69) is 10.6 Å². The van der Waals surface area contributed by atoms with Gasteiger partial charge in [0.2, 0.25) is 0 Å². The van der Waals surface area contributed by atoms with E-state index in [1.807, 2.05) is 24.3 Å². The van der Waals surface area contributed by atoms with Crippen LogP contribution in [0.5, 0.6) is 5.75 Å². The van der Waals surface area contributed by atoms with Gasteiger partial charge in [-0.05, 0) is 35.4 Å². The van der Waals surface area contributed by atoms with Crippen molar-refractivity contribution in [3.05, 3.63) is 54.1 Å². The minimum absolute atomic E-state index is 0.0103. The van der Waals surface area contributed by atoms with E-state index < -0.39 is 23.8 Å². The van der Waals surface area contributed by atoms with Gasteiger partial charge in [-0.15, -0.1) is 0 Å². The molecule has 0 aliphatic carbocycles. The second-order valence-corrected chi connectivity index (χ2v) is 6.90. The maximum Gasteiger partial charge on any atom is 0.275 e. The van der Waals surface area contributed by atoms with Crippen LogP contribution in [0.25, 0.3) is 11.1 Å². The Morgan fingerprint density at radius 3 is 1.94 bits per heavy atom. The lowest BCUT2D eigenvalue weighted by molar-refractivity contribution is -0.137. The summed E-state index contributed by atoms with van der Waals surface area (Å²) in [7, 11) is 1.31. The van der Waals surface area contributed by atoms with Gasteiger partial charge in [0.25, 0.3) is 17.7 Å². The monoisotopic (exact) mass is 475 g/mol. The molecular formula is C23H29N3O8. The summed E-state index contributed by atoms with van der Waals surface area (Å²) in [4.78, 5) is 35.8. The molecule has 0 saturated carbocycles. The molecule has 3 amide bonds. The van der Waals surface area contributed by atoms with E-state index >= 15 is 0 Å². The molecule has 1 atom stereocenters. The third-order valence-corrected chi connectivity index (χ3v) is 4.60. The number of hydrogen-bond acceptors (Lipinski definition) is 8. The molecule has 0 saturated heterocycles. The van der Waals surface area contributed by atoms with Crippen LogP contribution >= 0.6 is 0 Å². The number of likely N-dealkylation sites (N-methyl/N-ethyl adjacent to an activating group) is 1. The molecular weight excluding hydrogens is 446 g/mol. The summed E-state index contributed by atoms with van der Waals surface area (Å²) in [6, 6.07) is 12.4. The molecule has 1 unspecified atom stereocenters. The lowest BCUT2D eigenvalue weighted by Gasteiger charge is -2.15. The summed E-state index contributed by atoms with van der Waals surface area (Å²) in [6.07, 6.45) is 0. The molecule has 0 heterocycles. The van der Waals surface area contributed by atoms with Gasteiger partial charge in [0.1, 0.15) is 12.4 Å². The SMILES string of the molecule is CNC(=O)C(NC(=O)c1ccc(-c2ccc(OCCOCCOCCO)cc2)cc1)C(=O)NO. The van der Waals surface area contributed by atoms with E-state index in [9.17, 15) is 14.4 Å². The van der Waals surface area contributed by atoms with Crippen LogP contribution in [0.2, 0.25) is 0 Å². The fraction of sp³-hybridized carbons (Fsp3) is 0.348. The molecule has 0 spiro atoms. The van der Waals surface area contributed by atoms with Crippen molar-refractivity contribution in [2.45, 2.75) is 6.04 Å². The maximum absolute atomic E-state index is 12.4. The highest BCUT2D eigenvalue weighted by molar-refractivity contribution is 6.08. The average Bonchev–Trinajstić information content (AvgIpc) is 2.88.